The Bertz CT molecular complexity index is 1010. The zero-order valence-electron chi connectivity index (χ0n) is 15.6. The zero-order chi connectivity index (χ0) is 20.5. The minimum absolute atomic E-state index is 0.151. The third kappa shape index (κ3) is 3.82. The fraction of sp³-hybridized carbons (Fsp3) is 0.250. The molecule has 1 heterocycles. The molecule has 1 aliphatic rings. The largest absolute Gasteiger partial charge is 0.316 e. The number of carbonyl (C=O) groups is 3. The van der Waals surface area contributed by atoms with Crippen molar-refractivity contribution < 1.29 is 22.8 Å². The van der Waals surface area contributed by atoms with Crippen LogP contribution < -0.4 is 4.90 Å². The number of hydrogen-bond acceptors (Lipinski definition) is 5. The average Bonchev–Trinajstić information content (AvgIpc) is 2.92. The number of hydrogen-bond donors (Lipinski definition) is 0. The van der Waals surface area contributed by atoms with E-state index in [1.807, 2.05) is 0 Å². The van der Waals surface area contributed by atoms with Gasteiger partial charge in [0, 0.05) is 32.0 Å². The summed E-state index contributed by atoms with van der Waals surface area (Å²) in [7, 11) is -1.70. The van der Waals surface area contributed by atoms with E-state index in [2.05, 4.69) is 0 Å². The first-order valence-corrected chi connectivity index (χ1v) is 10.6. The molecular weight excluding hydrogens is 380 g/mol. The molecule has 146 valence electrons. The molecular formula is C20H20N2O5S. The van der Waals surface area contributed by atoms with Gasteiger partial charge in [0.2, 0.25) is 5.91 Å². The van der Waals surface area contributed by atoms with Crippen LogP contribution in [0, 0.1) is 0 Å². The van der Waals surface area contributed by atoms with Gasteiger partial charge in [-0.1, -0.05) is 12.1 Å². The van der Waals surface area contributed by atoms with Crippen LogP contribution in [0.3, 0.4) is 0 Å². The molecule has 0 bridgehead atoms. The summed E-state index contributed by atoms with van der Waals surface area (Å²) in [6, 6.07) is 12.7. The van der Waals surface area contributed by atoms with Crippen molar-refractivity contribution in [1.82, 2.24) is 4.90 Å². The summed E-state index contributed by atoms with van der Waals surface area (Å²) >= 11 is 0. The highest BCUT2D eigenvalue weighted by Crippen LogP contribution is 2.23. The predicted molar refractivity (Wildman–Crippen MR) is 104 cm³/mol. The summed E-state index contributed by atoms with van der Waals surface area (Å²) in [6.07, 6.45) is 1.61. The smallest absolute Gasteiger partial charge is 0.261 e. The van der Waals surface area contributed by atoms with Crippen LogP contribution in [0.1, 0.15) is 33.6 Å². The second kappa shape index (κ2) is 7.55. The molecule has 3 rings (SSSR count). The summed E-state index contributed by atoms with van der Waals surface area (Å²) in [4.78, 5) is 39.8. The molecule has 7 nitrogen and oxygen atoms in total. The highest BCUT2D eigenvalue weighted by atomic mass is 32.2. The minimum atomic E-state index is -3.30. The fourth-order valence-corrected chi connectivity index (χ4v) is 3.69. The summed E-state index contributed by atoms with van der Waals surface area (Å²) < 4.78 is 23.0. The number of imide groups is 1. The van der Waals surface area contributed by atoms with Gasteiger partial charge in [0.15, 0.2) is 9.84 Å². The number of fused-ring (bicyclic) bond motifs is 1. The second-order valence-corrected chi connectivity index (χ2v) is 8.65. The van der Waals surface area contributed by atoms with Gasteiger partial charge in [-0.3, -0.25) is 19.3 Å². The maximum Gasteiger partial charge on any atom is 0.261 e. The third-order valence-electron chi connectivity index (χ3n) is 4.68. The van der Waals surface area contributed by atoms with Gasteiger partial charge in [-0.05, 0) is 42.8 Å². The molecule has 28 heavy (non-hydrogen) atoms. The molecule has 2 aromatic carbocycles. The predicted octanol–water partition coefficient (Wildman–Crippen LogP) is 2.13. The van der Waals surface area contributed by atoms with Crippen molar-refractivity contribution in [3.05, 3.63) is 59.7 Å². The van der Waals surface area contributed by atoms with Gasteiger partial charge in [0.05, 0.1) is 16.0 Å². The molecule has 0 unspecified atom stereocenters. The third-order valence-corrected chi connectivity index (χ3v) is 5.81. The first-order chi connectivity index (χ1) is 13.2. The summed E-state index contributed by atoms with van der Waals surface area (Å²) in [5, 5.41) is 0. The van der Waals surface area contributed by atoms with Crippen molar-refractivity contribution >= 4 is 33.2 Å². The van der Waals surface area contributed by atoms with E-state index in [-0.39, 0.29) is 35.6 Å². The van der Waals surface area contributed by atoms with Crippen LogP contribution in [0.15, 0.2) is 53.4 Å². The second-order valence-electron chi connectivity index (χ2n) is 6.63. The molecule has 8 heteroatoms. The zero-order valence-corrected chi connectivity index (χ0v) is 16.4. The van der Waals surface area contributed by atoms with Gasteiger partial charge in [0.1, 0.15) is 0 Å². The van der Waals surface area contributed by atoms with E-state index >= 15 is 0 Å². The summed E-state index contributed by atoms with van der Waals surface area (Å²) in [5.41, 5.74) is 1.35. The molecule has 0 spiro atoms. The Morgan fingerprint density at radius 3 is 2.00 bits per heavy atom. The van der Waals surface area contributed by atoms with E-state index in [1.54, 1.807) is 43.4 Å². The van der Waals surface area contributed by atoms with E-state index in [9.17, 15) is 22.8 Å². The topological polar surface area (TPSA) is 91.8 Å². The lowest BCUT2D eigenvalue weighted by Gasteiger charge is -2.19. The Morgan fingerprint density at radius 1 is 0.964 bits per heavy atom. The number of sulfone groups is 1. The van der Waals surface area contributed by atoms with Crippen LogP contribution in [-0.2, 0) is 14.6 Å². The van der Waals surface area contributed by atoms with Crippen molar-refractivity contribution in [3.8, 4) is 0 Å². The molecule has 3 amide bonds. The Hall–Kier alpha value is -3.00. The van der Waals surface area contributed by atoms with Gasteiger partial charge >= 0.3 is 0 Å². The molecule has 1 aliphatic heterocycles. The van der Waals surface area contributed by atoms with Crippen LogP contribution in [0.4, 0.5) is 5.69 Å². The molecule has 2 aromatic rings. The number of carbonyl (C=O) groups excluding carboxylic acids is 3. The number of rotatable bonds is 6. The number of amides is 3. The van der Waals surface area contributed by atoms with Crippen molar-refractivity contribution in [3.63, 3.8) is 0 Å². The monoisotopic (exact) mass is 400 g/mol. The maximum absolute atomic E-state index is 12.4. The van der Waals surface area contributed by atoms with Crippen LogP contribution in [0.25, 0.3) is 0 Å². The van der Waals surface area contributed by atoms with Crippen molar-refractivity contribution in [2.24, 2.45) is 0 Å². The quantitative estimate of drug-likeness (QED) is 0.693. The van der Waals surface area contributed by atoms with E-state index in [0.29, 0.717) is 23.2 Å². The summed E-state index contributed by atoms with van der Waals surface area (Å²) in [5.74, 6) is -0.862. The number of benzene rings is 2. The van der Waals surface area contributed by atoms with E-state index in [4.69, 9.17) is 0 Å². The van der Waals surface area contributed by atoms with E-state index in [0.717, 1.165) is 6.26 Å². The van der Waals surface area contributed by atoms with Crippen LogP contribution in [0.2, 0.25) is 0 Å². The molecule has 0 saturated carbocycles. The molecule has 0 aliphatic carbocycles. The van der Waals surface area contributed by atoms with Gasteiger partial charge < -0.3 is 4.90 Å². The van der Waals surface area contributed by atoms with Crippen LogP contribution in [-0.4, -0.2) is 50.9 Å². The molecule has 0 atom stereocenters. The molecule has 0 saturated heterocycles. The van der Waals surface area contributed by atoms with Gasteiger partial charge in [-0.25, -0.2) is 8.42 Å². The normalized spacial score (nSPS) is 13.6. The standard InChI is InChI=1S/C20H20N2O5S/c1-21(14-9-11-15(12-10-14)28(2,26)27)18(23)8-5-13-22-19(24)16-6-3-4-7-17(16)20(22)25/h3-4,6-7,9-12H,5,8,13H2,1-2H3. The lowest BCUT2D eigenvalue weighted by molar-refractivity contribution is -0.118. The minimum Gasteiger partial charge on any atom is -0.316 e. The Morgan fingerprint density at radius 2 is 1.50 bits per heavy atom. The Labute approximate surface area is 163 Å². The maximum atomic E-state index is 12.4. The van der Waals surface area contributed by atoms with Gasteiger partial charge in [-0.2, -0.15) is 0 Å². The molecule has 0 N–H and O–H groups in total. The van der Waals surface area contributed by atoms with Crippen molar-refractivity contribution in [1.29, 1.82) is 0 Å². The Kier molecular flexibility index (Phi) is 5.33. The number of nitrogens with zero attached hydrogens (tertiary/aromatic N) is 2. The van der Waals surface area contributed by atoms with Crippen molar-refractivity contribution in [2.75, 3.05) is 24.7 Å². The molecule has 0 aromatic heterocycles. The highest BCUT2D eigenvalue weighted by molar-refractivity contribution is 7.90. The fourth-order valence-electron chi connectivity index (χ4n) is 3.06. The lowest BCUT2D eigenvalue weighted by Crippen LogP contribution is -2.32. The SMILES string of the molecule is CN(C(=O)CCCN1C(=O)c2ccccc2C1=O)c1ccc(S(C)(=O)=O)cc1. The first kappa shape index (κ1) is 19.8. The van der Waals surface area contributed by atoms with E-state index < -0.39 is 9.84 Å². The van der Waals surface area contributed by atoms with Gasteiger partial charge in [0.25, 0.3) is 11.8 Å². The molecule has 0 fully saturated rings. The molecule has 0 radical (unpaired) electrons. The van der Waals surface area contributed by atoms with Crippen molar-refractivity contribution in [2.45, 2.75) is 17.7 Å². The van der Waals surface area contributed by atoms with Crippen LogP contribution >= 0.6 is 0 Å². The van der Waals surface area contributed by atoms with Crippen LogP contribution in [0.5, 0.6) is 0 Å². The first-order valence-electron chi connectivity index (χ1n) is 8.72. The summed E-state index contributed by atoms with van der Waals surface area (Å²) in [6.45, 7) is 0.166. The Balaban J connectivity index is 1.57. The number of anilines is 1. The highest BCUT2D eigenvalue weighted by Gasteiger charge is 2.34. The lowest BCUT2D eigenvalue weighted by atomic mass is 10.1. The average molecular weight is 400 g/mol. The van der Waals surface area contributed by atoms with E-state index in [1.165, 1.54) is 21.9 Å². The van der Waals surface area contributed by atoms with Gasteiger partial charge in [-0.15, -0.1) is 0 Å².